The Morgan fingerprint density at radius 1 is 1.00 bits per heavy atom. The molecule has 2 atom stereocenters. The van der Waals surface area contributed by atoms with Gasteiger partial charge in [0, 0.05) is 13.3 Å². The van der Waals surface area contributed by atoms with Crippen LogP contribution in [-0.4, -0.2) is 50.1 Å². The van der Waals surface area contributed by atoms with E-state index >= 15 is 0 Å². The van der Waals surface area contributed by atoms with E-state index in [1.807, 2.05) is 0 Å². The van der Waals surface area contributed by atoms with Gasteiger partial charge in [-0.15, -0.1) is 0 Å². The van der Waals surface area contributed by atoms with E-state index in [0.717, 1.165) is 14.2 Å². The molecule has 0 aliphatic carbocycles. The average Bonchev–Trinajstić information content (AvgIpc) is 2.61. The van der Waals surface area contributed by atoms with E-state index in [1.165, 1.54) is 31.2 Å². The van der Waals surface area contributed by atoms with Gasteiger partial charge in [0.25, 0.3) is 0 Å². The molecule has 0 aliphatic rings. The molecular formula is C17H21FN2O6. The number of methoxy groups -OCH3 is 2. The zero-order chi connectivity index (χ0) is 19.7. The van der Waals surface area contributed by atoms with Gasteiger partial charge in [-0.3, -0.25) is 14.4 Å². The topological polar surface area (TPSA) is 111 Å². The third-order valence-corrected chi connectivity index (χ3v) is 3.45. The Kier molecular flexibility index (Phi) is 8.20. The van der Waals surface area contributed by atoms with Crippen LogP contribution in [-0.2, 0) is 35.1 Å². The molecule has 0 aliphatic heterocycles. The first-order valence-electron chi connectivity index (χ1n) is 7.73. The summed E-state index contributed by atoms with van der Waals surface area (Å²) in [6.45, 7) is 1.23. The predicted octanol–water partition coefficient (Wildman–Crippen LogP) is 0.0938. The van der Waals surface area contributed by atoms with E-state index in [9.17, 15) is 23.6 Å². The molecule has 1 rings (SSSR count). The lowest BCUT2D eigenvalue weighted by Crippen LogP contribution is -2.52. The van der Waals surface area contributed by atoms with Crippen molar-refractivity contribution in [2.24, 2.45) is 0 Å². The van der Waals surface area contributed by atoms with Crippen molar-refractivity contribution in [1.82, 2.24) is 10.6 Å². The Labute approximate surface area is 150 Å². The van der Waals surface area contributed by atoms with Crippen LogP contribution in [0.25, 0.3) is 0 Å². The number of hydrogen-bond donors (Lipinski definition) is 2. The highest BCUT2D eigenvalue weighted by molar-refractivity contribution is 5.92. The van der Waals surface area contributed by atoms with Crippen molar-refractivity contribution >= 4 is 23.8 Å². The number of halogens is 1. The minimum Gasteiger partial charge on any atom is -0.469 e. The minimum atomic E-state index is -1.26. The van der Waals surface area contributed by atoms with Crippen molar-refractivity contribution < 1.29 is 33.0 Å². The number of rotatable bonds is 8. The van der Waals surface area contributed by atoms with E-state index < -0.39 is 48.1 Å². The zero-order valence-corrected chi connectivity index (χ0v) is 14.7. The van der Waals surface area contributed by atoms with E-state index in [-0.39, 0.29) is 6.42 Å². The van der Waals surface area contributed by atoms with Crippen molar-refractivity contribution in [3.05, 3.63) is 35.6 Å². The first kappa shape index (κ1) is 21.1. The first-order valence-corrected chi connectivity index (χ1v) is 7.73. The largest absolute Gasteiger partial charge is 0.469 e. The Morgan fingerprint density at radius 2 is 1.62 bits per heavy atom. The molecular weight excluding hydrogens is 347 g/mol. The number of ether oxygens (including phenoxy) is 2. The fourth-order valence-electron chi connectivity index (χ4n) is 2.17. The molecule has 0 spiro atoms. The molecule has 8 nitrogen and oxygen atoms in total. The third-order valence-electron chi connectivity index (χ3n) is 3.45. The van der Waals surface area contributed by atoms with Crippen molar-refractivity contribution in [3.63, 3.8) is 0 Å². The summed E-state index contributed by atoms with van der Waals surface area (Å²) in [7, 11) is 2.26. The van der Waals surface area contributed by atoms with Gasteiger partial charge in [0.2, 0.25) is 11.8 Å². The third kappa shape index (κ3) is 6.88. The molecule has 2 N–H and O–H groups in total. The number of benzene rings is 1. The number of hydrogen-bond acceptors (Lipinski definition) is 6. The Bertz CT molecular complexity index is 662. The number of nitrogens with one attached hydrogen (secondary N) is 2. The molecule has 0 saturated carbocycles. The van der Waals surface area contributed by atoms with Crippen LogP contribution >= 0.6 is 0 Å². The van der Waals surface area contributed by atoms with E-state index in [4.69, 9.17) is 0 Å². The van der Waals surface area contributed by atoms with Crippen LogP contribution in [0.3, 0.4) is 0 Å². The van der Waals surface area contributed by atoms with Gasteiger partial charge in [0.15, 0.2) is 0 Å². The number of amides is 2. The van der Waals surface area contributed by atoms with E-state index in [0.29, 0.717) is 5.56 Å². The van der Waals surface area contributed by atoms with Gasteiger partial charge < -0.3 is 20.1 Å². The highest BCUT2D eigenvalue weighted by Crippen LogP contribution is 2.07. The lowest BCUT2D eigenvalue weighted by atomic mass is 10.0. The highest BCUT2D eigenvalue weighted by Gasteiger charge is 2.29. The second kappa shape index (κ2) is 10.1. The van der Waals surface area contributed by atoms with Crippen LogP contribution in [0.2, 0.25) is 0 Å². The highest BCUT2D eigenvalue weighted by atomic mass is 19.1. The number of carbonyl (C=O) groups excluding carboxylic acids is 4. The summed E-state index contributed by atoms with van der Waals surface area (Å²) in [5, 5.41) is 4.83. The van der Waals surface area contributed by atoms with Crippen molar-refractivity contribution in [2.45, 2.75) is 31.8 Å². The second-order valence-corrected chi connectivity index (χ2v) is 5.45. The lowest BCUT2D eigenvalue weighted by Gasteiger charge is -2.21. The Morgan fingerprint density at radius 3 is 2.12 bits per heavy atom. The van der Waals surface area contributed by atoms with Gasteiger partial charge in [-0.2, -0.15) is 0 Å². The van der Waals surface area contributed by atoms with Crippen LogP contribution in [0, 0.1) is 5.82 Å². The fourth-order valence-corrected chi connectivity index (χ4v) is 2.17. The van der Waals surface area contributed by atoms with E-state index in [1.54, 1.807) is 0 Å². The maximum absolute atomic E-state index is 13.0. The molecule has 0 unspecified atom stereocenters. The fraction of sp³-hybridized carbons (Fsp3) is 0.412. The van der Waals surface area contributed by atoms with Gasteiger partial charge in [-0.1, -0.05) is 12.1 Å². The normalized spacial score (nSPS) is 12.5. The number of carbonyl (C=O) groups is 4. The molecule has 0 saturated heterocycles. The van der Waals surface area contributed by atoms with Gasteiger partial charge in [0.1, 0.15) is 17.9 Å². The monoisotopic (exact) mass is 368 g/mol. The van der Waals surface area contributed by atoms with Crippen LogP contribution in [0.15, 0.2) is 24.3 Å². The molecule has 0 heterocycles. The SMILES string of the molecule is COC(=O)C[C@@H](NC(=O)[C@@H](Cc1ccc(F)cc1)NC(C)=O)C(=O)OC. The summed E-state index contributed by atoms with van der Waals surface area (Å²) in [5.74, 6) is -3.13. The molecule has 0 fully saturated rings. The van der Waals surface area contributed by atoms with Gasteiger partial charge in [-0.25, -0.2) is 9.18 Å². The maximum atomic E-state index is 13.0. The zero-order valence-electron chi connectivity index (χ0n) is 14.7. The molecule has 0 aromatic heterocycles. The lowest BCUT2D eigenvalue weighted by molar-refractivity contribution is -0.151. The van der Waals surface area contributed by atoms with Crippen LogP contribution in [0.1, 0.15) is 18.9 Å². The molecule has 9 heteroatoms. The maximum Gasteiger partial charge on any atom is 0.328 e. The average molecular weight is 368 g/mol. The molecule has 1 aromatic carbocycles. The van der Waals surface area contributed by atoms with Crippen molar-refractivity contribution in [3.8, 4) is 0 Å². The molecule has 2 amide bonds. The molecule has 26 heavy (non-hydrogen) atoms. The summed E-state index contributed by atoms with van der Waals surface area (Å²) in [6, 6.07) is 3.12. The van der Waals surface area contributed by atoms with Crippen molar-refractivity contribution in [2.75, 3.05) is 14.2 Å². The molecule has 0 bridgehead atoms. The molecule has 0 radical (unpaired) electrons. The predicted molar refractivity (Wildman–Crippen MR) is 88.3 cm³/mol. The van der Waals surface area contributed by atoms with E-state index in [2.05, 4.69) is 20.1 Å². The summed E-state index contributed by atoms with van der Waals surface area (Å²) in [4.78, 5) is 47.1. The summed E-state index contributed by atoms with van der Waals surface area (Å²) >= 11 is 0. The quantitative estimate of drug-likeness (QED) is 0.630. The van der Waals surface area contributed by atoms with Gasteiger partial charge in [0.05, 0.1) is 20.6 Å². The molecule has 1 aromatic rings. The minimum absolute atomic E-state index is 0.0673. The summed E-state index contributed by atoms with van der Waals surface area (Å²) in [6.07, 6.45) is -0.351. The Balaban J connectivity index is 2.91. The van der Waals surface area contributed by atoms with Crippen LogP contribution in [0.4, 0.5) is 4.39 Å². The standard InChI is InChI=1S/C17H21FN2O6/c1-10(21)19-13(8-11-4-6-12(18)7-5-11)16(23)20-14(17(24)26-3)9-15(22)25-2/h4-7,13-14H,8-9H2,1-3H3,(H,19,21)(H,20,23)/t13-,14-/m1/s1. The van der Waals surface area contributed by atoms with Crippen LogP contribution in [0.5, 0.6) is 0 Å². The van der Waals surface area contributed by atoms with Gasteiger partial charge in [-0.05, 0) is 17.7 Å². The second-order valence-electron chi connectivity index (χ2n) is 5.45. The number of esters is 2. The summed E-state index contributed by atoms with van der Waals surface area (Å²) < 4.78 is 22.0. The first-order chi connectivity index (χ1) is 12.3. The van der Waals surface area contributed by atoms with Crippen molar-refractivity contribution in [1.29, 1.82) is 0 Å². The molecule has 142 valence electrons. The summed E-state index contributed by atoms with van der Waals surface area (Å²) in [5.41, 5.74) is 0.600. The van der Waals surface area contributed by atoms with Crippen LogP contribution < -0.4 is 10.6 Å². The van der Waals surface area contributed by atoms with Gasteiger partial charge >= 0.3 is 11.9 Å². The smallest absolute Gasteiger partial charge is 0.328 e. The Hall–Kier alpha value is -2.97.